The van der Waals surface area contributed by atoms with E-state index in [1.165, 1.54) is 44.9 Å². The number of unbranched alkanes of at least 4 members (excludes halogenated alkanes) is 8. The fraction of sp³-hybridized carbons (Fsp3) is 0.933. The molecule has 0 aliphatic rings. The lowest BCUT2D eigenvalue weighted by Crippen LogP contribution is -1.99. The number of hydrogen-bond acceptors (Lipinski definition) is 2. The molecule has 1 N–H and O–H groups in total. The van der Waals surface area contributed by atoms with Crippen molar-refractivity contribution in [2.45, 2.75) is 77.6 Å². The van der Waals surface area contributed by atoms with Crippen LogP contribution in [0.3, 0.4) is 0 Å². The van der Waals surface area contributed by atoms with Gasteiger partial charge in [-0.3, -0.25) is 4.79 Å². The molecule has 0 radical (unpaired) electrons. The van der Waals surface area contributed by atoms with Crippen LogP contribution in [0.25, 0.3) is 0 Å². The van der Waals surface area contributed by atoms with E-state index in [1.54, 1.807) is 0 Å². The normalized spacial score (nSPS) is 10.7. The third-order valence-corrected chi connectivity index (χ3v) is 3.07. The second-order valence-electron chi connectivity index (χ2n) is 4.94. The van der Waals surface area contributed by atoms with Gasteiger partial charge in [0.2, 0.25) is 0 Å². The molecular weight excluding hydrogens is 228 g/mol. The number of carbonyl (C=O) groups is 1. The van der Waals surface area contributed by atoms with Crippen molar-refractivity contribution in [3.63, 3.8) is 0 Å². The molecule has 0 aliphatic carbocycles. The minimum Gasteiger partial charge on any atom is -0.481 e. The fourth-order valence-corrected chi connectivity index (χ4v) is 1.92. The Bertz CT molecular complexity index is 181. The molecule has 0 fully saturated rings. The van der Waals surface area contributed by atoms with Gasteiger partial charge in [-0.1, -0.05) is 51.9 Å². The van der Waals surface area contributed by atoms with E-state index in [0.29, 0.717) is 6.61 Å². The maximum atomic E-state index is 10.3. The van der Waals surface area contributed by atoms with Gasteiger partial charge in [0.1, 0.15) is 0 Å². The largest absolute Gasteiger partial charge is 0.481 e. The topological polar surface area (TPSA) is 46.5 Å². The first kappa shape index (κ1) is 17.4. The Morgan fingerprint density at radius 2 is 1.33 bits per heavy atom. The lowest BCUT2D eigenvalue weighted by molar-refractivity contribution is -0.137. The first-order valence-electron chi connectivity index (χ1n) is 7.57. The monoisotopic (exact) mass is 258 g/mol. The number of carboxylic acids is 1. The molecule has 0 saturated heterocycles. The fourth-order valence-electron chi connectivity index (χ4n) is 1.92. The first-order valence-corrected chi connectivity index (χ1v) is 7.57. The summed E-state index contributed by atoms with van der Waals surface area (Å²) in [5, 5.41) is 8.45. The van der Waals surface area contributed by atoms with Crippen molar-refractivity contribution in [1.82, 2.24) is 0 Å². The second kappa shape index (κ2) is 14.5. The van der Waals surface area contributed by atoms with E-state index in [-0.39, 0.29) is 6.42 Å². The van der Waals surface area contributed by atoms with Crippen LogP contribution in [0.1, 0.15) is 77.6 Å². The molecule has 0 unspecified atom stereocenters. The summed E-state index contributed by atoms with van der Waals surface area (Å²) >= 11 is 0. The summed E-state index contributed by atoms with van der Waals surface area (Å²) in [4.78, 5) is 10.3. The lowest BCUT2D eigenvalue weighted by atomic mass is 10.1. The van der Waals surface area contributed by atoms with Crippen molar-refractivity contribution in [3.8, 4) is 0 Å². The summed E-state index contributed by atoms with van der Waals surface area (Å²) in [6.07, 6.45) is 12.4. The molecule has 18 heavy (non-hydrogen) atoms. The minimum atomic E-state index is -0.710. The van der Waals surface area contributed by atoms with E-state index >= 15 is 0 Å². The van der Waals surface area contributed by atoms with Gasteiger partial charge in [-0.05, 0) is 19.3 Å². The zero-order valence-electron chi connectivity index (χ0n) is 12.0. The van der Waals surface area contributed by atoms with Crippen LogP contribution >= 0.6 is 0 Å². The smallest absolute Gasteiger partial charge is 0.303 e. The van der Waals surface area contributed by atoms with E-state index in [9.17, 15) is 4.79 Å². The molecule has 108 valence electrons. The predicted molar refractivity (Wildman–Crippen MR) is 74.9 cm³/mol. The second-order valence-corrected chi connectivity index (χ2v) is 4.94. The predicted octanol–water partition coefficient (Wildman–Crippen LogP) is 4.40. The number of rotatable bonds is 14. The molecule has 0 amide bonds. The van der Waals surface area contributed by atoms with Crippen molar-refractivity contribution in [2.75, 3.05) is 13.2 Å². The summed E-state index contributed by atoms with van der Waals surface area (Å²) in [5.74, 6) is -0.710. The maximum Gasteiger partial charge on any atom is 0.303 e. The third-order valence-electron chi connectivity index (χ3n) is 3.07. The Hall–Kier alpha value is -0.570. The first-order chi connectivity index (χ1) is 8.77. The van der Waals surface area contributed by atoms with Crippen LogP contribution in [0.2, 0.25) is 0 Å². The average molecular weight is 258 g/mol. The molecule has 0 aromatic heterocycles. The number of hydrogen-bond donors (Lipinski definition) is 1. The minimum absolute atomic E-state index is 0.265. The number of carboxylic acid groups (broad SMARTS) is 1. The van der Waals surface area contributed by atoms with Gasteiger partial charge in [0.05, 0.1) is 0 Å². The molecule has 0 aliphatic heterocycles. The molecule has 0 aromatic rings. The van der Waals surface area contributed by atoms with Crippen LogP contribution in [-0.4, -0.2) is 24.3 Å². The molecule has 0 atom stereocenters. The molecule has 0 spiro atoms. The summed E-state index contributed by atoms with van der Waals surface area (Å²) in [6.45, 7) is 3.79. The van der Waals surface area contributed by atoms with Gasteiger partial charge in [-0.15, -0.1) is 0 Å². The average Bonchev–Trinajstić information content (AvgIpc) is 2.34. The van der Waals surface area contributed by atoms with Gasteiger partial charge in [0.25, 0.3) is 0 Å². The zero-order valence-corrected chi connectivity index (χ0v) is 12.0. The molecular formula is C15H30O3. The highest BCUT2D eigenvalue weighted by atomic mass is 16.5. The highest BCUT2D eigenvalue weighted by molar-refractivity contribution is 5.66. The lowest BCUT2D eigenvalue weighted by Gasteiger charge is -2.04. The Kier molecular flexibility index (Phi) is 14.0. The molecule has 0 saturated carbocycles. The molecule has 3 heteroatoms. The van der Waals surface area contributed by atoms with Crippen molar-refractivity contribution in [1.29, 1.82) is 0 Å². The molecule has 3 nitrogen and oxygen atoms in total. The Morgan fingerprint density at radius 1 is 0.833 bits per heavy atom. The van der Waals surface area contributed by atoms with Crippen LogP contribution in [-0.2, 0) is 9.53 Å². The van der Waals surface area contributed by atoms with E-state index in [0.717, 1.165) is 25.9 Å². The van der Waals surface area contributed by atoms with E-state index < -0.39 is 5.97 Å². The standard InChI is InChI=1S/C15H30O3/c1-2-3-4-5-6-7-8-10-13-18-14-11-9-12-15(16)17/h2-14H2,1H3,(H,16,17). The summed E-state index contributed by atoms with van der Waals surface area (Å²) in [7, 11) is 0. The number of aliphatic carboxylic acids is 1. The molecule has 0 aromatic carbocycles. The Labute approximate surface area is 112 Å². The highest BCUT2D eigenvalue weighted by Crippen LogP contribution is 2.08. The summed E-state index contributed by atoms with van der Waals surface area (Å²) in [6, 6.07) is 0. The van der Waals surface area contributed by atoms with Crippen molar-refractivity contribution < 1.29 is 14.6 Å². The van der Waals surface area contributed by atoms with Crippen molar-refractivity contribution >= 4 is 5.97 Å². The molecule has 0 heterocycles. The Morgan fingerprint density at radius 3 is 1.89 bits per heavy atom. The quantitative estimate of drug-likeness (QED) is 0.470. The molecule has 0 rings (SSSR count). The highest BCUT2D eigenvalue weighted by Gasteiger charge is 1.96. The maximum absolute atomic E-state index is 10.3. The van der Waals surface area contributed by atoms with Crippen LogP contribution in [0.5, 0.6) is 0 Å². The van der Waals surface area contributed by atoms with Gasteiger partial charge >= 0.3 is 5.97 Å². The van der Waals surface area contributed by atoms with Crippen molar-refractivity contribution in [3.05, 3.63) is 0 Å². The summed E-state index contributed by atoms with van der Waals surface area (Å²) in [5.41, 5.74) is 0. The van der Waals surface area contributed by atoms with Gasteiger partial charge in [0, 0.05) is 19.6 Å². The van der Waals surface area contributed by atoms with E-state index in [4.69, 9.17) is 9.84 Å². The van der Waals surface area contributed by atoms with E-state index in [2.05, 4.69) is 6.92 Å². The van der Waals surface area contributed by atoms with E-state index in [1.807, 2.05) is 0 Å². The van der Waals surface area contributed by atoms with Gasteiger partial charge < -0.3 is 9.84 Å². The van der Waals surface area contributed by atoms with Gasteiger partial charge in [0.15, 0.2) is 0 Å². The van der Waals surface area contributed by atoms with Crippen molar-refractivity contribution in [2.24, 2.45) is 0 Å². The SMILES string of the molecule is CCCCCCCCCCOCCCCC(=O)O. The van der Waals surface area contributed by atoms with Crippen LogP contribution in [0.4, 0.5) is 0 Å². The zero-order chi connectivity index (χ0) is 13.5. The number of ether oxygens (including phenoxy) is 1. The Balaban J connectivity index is 2.92. The van der Waals surface area contributed by atoms with Gasteiger partial charge in [-0.2, -0.15) is 0 Å². The van der Waals surface area contributed by atoms with Crippen LogP contribution < -0.4 is 0 Å². The third kappa shape index (κ3) is 15.4. The van der Waals surface area contributed by atoms with Crippen LogP contribution in [0, 0.1) is 0 Å². The van der Waals surface area contributed by atoms with Gasteiger partial charge in [-0.25, -0.2) is 0 Å². The summed E-state index contributed by atoms with van der Waals surface area (Å²) < 4.78 is 5.47. The van der Waals surface area contributed by atoms with Crippen LogP contribution in [0.15, 0.2) is 0 Å². The molecule has 0 bridgehead atoms.